The van der Waals surface area contributed by atoms with E-state index in [1.807, 2.05) is 31.2 Å². The Hall–Kier alpha value is -4.48. The van der Waals surface area contributed by atoms with E-state index in [4.69, 9.17) is 4.42 Å². The molecule has 5 rings (SSSR count). The third kappa shape index (κ3) is 3.89. The second kappa shape index (κ2) is 8.46. The fourth-order valence-electron chi connectivity index (χ4n) is 3.65. The number of nitrogens with one attached hydrogen (secondary N) is 1. The van der Waals surface area contributed by atoms with Gasteiger partial charge < -0.3 is 14.9 Å². The van der Waals surface area contributed by atoms with Crippen molar-refractivity contribution in [3.63, 3.8) is 0 Å². The Balaban J connectivity index is 1.44. The predicted molar refractivity (Wildman–Crippen MR) is 116 cm³/mol. The molecule has 0 fully saturated rings. The Labute approximate surface area is 191 Å². The molecule has 1 unspecified atom stereocenters. The third-order valence-electron chi connectivity index (χ3n) is 5.37. The van der Waals surface area contributed by atoms with E-state index in [0.717, 1.165) is 23.5 Å². The molecule has 34 heavy (non-hydrogen) atoms. The van der Waals surface area contributed by atoms with Gasteiger partial charge in [0.2, 0.25) is 5.89 Å². The fraction of sp³-hybridized carbons (Fsp3) is 0.182. The summed E-state index contributed by atoms with van der Waals surface area (Å²) in [5.74, 6) is -3.23. The Morgan fingerprint density at radius 2 is 2.00 bits per heavy atom. The number of hydrogen-bond donors (Lipinski definition) is 1. The van der Waals surface area contributed by atoms with Gasteiger partial charge in [0.25, 0.3) is 5.69 Å². The number of pyridine rings is 2. The van der Waals surface area contributed by atoms with Gasteiger partial charge in [-0.15, -0.1) is 5.10 Å². The van der Waals surface area contributed by atoms with Crippen molar-refractivity contribution in [2.24, 2.45) is 0 Å². The van der Waals surface area contributed by atoms with Crippen LogP contribution in [0.15, 0.2) is 71.7 Å². The number of halogens is 2. The van der Waals surface area contributed by atoms with Crippen LogP contribution in [0.1, 0.15) is 30.0 Å². The van der Waals surface area contributed by atoms with Gasteiger partial charge in [0.1, 0.15) is 6.33 Å². The number of rotatable bonds is 7. The lowest BCUT2D eigenvalue weighted by Gasteiger charge is -2.16. The molecule has 0 saturated heterocycles. The molecule has 4 aromatic heterocycles. The number of anilines is 1. The van der Waals surface area contributed by atoms with Crippen molar-refractivity contribution in [1.29, 1.82) is 0 Å². The molecule has 0 aliphatic heterocycles. The normalized spacial score (nSPS) is 12.7. The molecule has 0 spiro atoms. The zero-order valence-electron chi connectivity index (χ0n) is 17.8. The lowest BCUT2D eigenvalue weighted by Crippen LogP contribution is -2.40. The smallest absolute Gasteiger partial charge is 0.347 e. The summed E-state index contributed by atoms with van der Waals surface area (Å²) in [4.78, 5) is 8.69. The zero-order valence-corrected chi connectivity index (χ0v) is 17.8. The highest BCUT2D eigenvalue weighted by Crippen LogP contribution is 2.32. The molecule has 0 bridgehead atoms. The van der Waals surface area contributed by atoms with Gasteiger partial charge in [-0.1, -0.05) is 18.2 Å². The predicted octanol–water partition coefficient (Wildman–Crippen LogP) is 3.19. The highest BCUT2D eigenvalue weighted by Gasteiger charge is 2.39. The zero-order chi connectivity index (χ0) is 23.7. The number of tetrazole rings is 1. The molecular formula is C22H18F2N8O2. The molecule has 1 aromatic carbocycles. The molecule has 1 N–H and O–H groups in total. The summed E-state index contributed by atoms with van der Waals surface area (Å²) in [5.41, 5.74) is 1.65. The van der Waals surface area contributed by atoms with E-state index in [-0.39, 0.29) is 16.5 Å². The summed E-state index contributed by atoms with van der Waals surface area (Å²) in [6.07, 6.45) is 3.95. The summed E-state index contributed by atoms with van der Waals surface area (Å²) in [6.45, 7) is 1.07. The monoisotopic (exact) mass is 464 g/mol. The molecule has 1 atom stereocenters. The number of alkyl halides is 2. The number of hydrogen-bond acceptors (Lipinski definition) is 8. The highest BCUT2D eigenvalue weighted by atomic mass is 19.3. The molecule has 12 heteroatoms. The minimum absolute atomic E-state index is 0.126. The van der Waals surface area contributed by atoms with Gasteiger partial charge in [0.05, 0.1) is 18.2 Å². The maximum atomic E-state index is 14.7. The summed E-state index contributed by atoms with van der Waals surface area (Å²) >= 11 is 0. The fourth-order valence-corrected chi connectivity index (χ4v) is 3.65. The van der Waals surface area contributed by atoms with E-state index < -0.39 is 18.2 Å². The second-order valence-electron chi connectivity index (χ2n) is 7.56. The summed E-state index contributed by atoms with van der Waals surface area (Å²) in [5, 5.41) is 25.7. The Kier molecular flexibility index (Phi) is 5.32. The maximum absolute atomic E-state index is 14.7. The lowest BCUT2D eigenvalue weighted by molar-refractivity contribution is -0.624. The molecule has 0 radical (unpaired) electrons. The first-order chi connectivity index (χ1) is 16.4. The van der Waals surface area contributed by atoms with E-state index in [2.05, 4.69) is 30.8 Å². The molecule has 0 aliphatic carbocycles. The molecule has 4 heterocycles. The van der Waals surface area contributed by atoms with Gasteiger partial charge in [-0.3, -0.25) is 0 Å². The van der Waals surface area contributed by atoms with Crippen molar-refractivity contribution in [3.05, 3.63) is 89.6 Å². The van der Waals surface area contributed by atoms with Gasteiger partial charge in [0.15, 0.2) is 23.1 Å². The SMILES string of the molecule is CC(c1nc2c(NCC(F)(F)c3cccc[n+]3[O-])nccc2o1)c1ccccc1-n1cnnn1. The number of oxazole rings is 1. The van der Waals surface area contributed by atoms with Crippen molar-refractivity contribution >= 4 is 16.9 Å². The largest absolute Gasteiger partial charge is 0.618 e. The molecule has 10 nitrogen and oxygen atoms in total. The molecule has 0 aliphatic rings. The number of fused-ring (bicyclic) bond motifs is 1. The van der Waals surface area contributed by atoms with Crippen molar-refractivity contribution < 1.29 is 17.9 Å². The average Bonchev–Trinajstić information content (AvgIpc) is 3.53. The van der Waals surface area contributed by atoms with Gasteiger partial charge in [-0.05, 0) is 35.0 Å². The number of nitrogens with zero attached hydrogens (tertiary/aromatic N) is 7. The third-order valence-corrected chi connectivity index (χ3v) is 5.37. The molecule has 0 saturated carbocycles. The van der Waals surface area contributed by atoms with Crippen LogP contribution < -0.4 is 10.0 Å². The number of benzene rings is 1. The summed E-state index contributed by atoms with van der Waals surface area (Å²) in [6, 6.07) is 13.0. The van der Waals surface area contributed by atoms with Crippen LogP contribution in [-0.4, -0.2) is 36.7 Å². The molecule has 0 amide bonds. The van der Waals surface area contributed by atoms with Crippen LogP contribution in [0, 0.1) is 5.21 Å². The van der Waals surface area contributed by atoms with Crippen molar-refractivity contribution in [2.45, 2.75) is 18.8 Å². The van der Waals surface area contributed by atoms with Gasteiger partial charge in [-0.25, -0.2) is 14.6 Å². The van der Waals surface area contributed by atoms with Crippen molar-refractivity contribution in [1.82, 2.24) is 30.2 Å². The topological polar surface area (TPSA) is 121 Å². The standard InChI is InChI=1S/C22H18F2N8O2/c1-14(15-6-2-3-7-16(15)31-13-27-29-30-31)21-28-19-17(34-21)9-10-25-20(19)26-12-22(23,24)18-8-4-5-11-32(18)33/h2-11,13-14H,12H2,1H3,(H,25,26). The van der Waals surface area contributed by atoms with E-state index in [9.17, 15) is 14.0 Å². The van der Waals surface area contributed by atoms with Gasteiger partial charge in [0, 0.05) is 24.4 Å². The quantitative estimate of drug-likeness (QED) is 0.288. The molecule has 172 valence electrons. The van der Waals surface area contributed by atoms with Crippen LogP contribution >= 0.6 is 0 Å². The van der Waals surface area contributed by atoms with E-state index in [1.165, 1.54) is 29.3 Å². The van der Waals surface area contributed by atoms with Crippen LogP contribution in [0.25, 0.3) is 16.8 Å². The second-order valence-corrected chi connectivity index (χ2v) is 7.56. The lowest BCUT2D eigenvalue weighted by atomic mass is 9.99. The maximum Gasteiger partial charge on any atom is 0.347 e. The highest BCUT2D eigenvalue weighted by molar-refractivity contribution is 5.84. The summed E-state index contributed by atoms with van der Waals surface area (Å²) in [7, 11) is 0. The first-order valence-electron chi connectivity index (χ1n) is 10.3. The van der Waals surface area contributed by atoms with Crippen LogP contribution in [0.3, 0.4) is 0 Å². The number of aromatic nitrogens is 7. The van der Waals surface area contributed by atoms with Crippen molar-refractivity contribution in [3.8, 4) is 5.69 Å². The van der Waals surface area contributed by atoms with Gasteiger partial charge in [-0.2, -0.15) is 13.5 Å². The Morgan fingerprint density at radius 3 is 2.79 bits per heavy atom. The van der Waals surface area contributed by atoms with Crippen molar-refractivity contribution in [2.75, 3.05) is 11.9 Å². The van der Waals surface area contributed by atoms with Crippen LogP contribution in [0.5, 0.6) is 0 Å². The molecular weight excluding hydrogens is 446 g/mol. The summed E-state index contributed by atoms with van der Waals surface area (Å²) < 4.78 is 37.0. The molecule has 5 aromatic rings. The minimum atomic E-state index is -3.43. The number of para-hydroxylation sites is 1. The Morgan fingerprint density at radius 1 is 1.18 bits per heavy atom. The average molecular weight is 464 g/mol. The van der Waals surface area contributed by atoms with Gasteiger partial charge >= 0.3 is 5.92 Å². The first-order valence-corrected chi connectivity index (χ1v) is 10.3. The van der Waals surface area contributed by atoms with E-state index in [0.29, 0.717) is 17.0 Å². The first kappa shape index (κ1) is 21.4. The van der Waals surface area contributed by atoms with E-state index >= 15 is 0 Å². The minimum Gasteiger partial charge on any atom is -0.618 e. The van der Waals surface area contributed by atoms with E-state index in [1.54, 1.807) is 6.07 Å². The van der Waals surface area contributed by atoms with Crippen LogP contribution in [0.4, 0.5) is 14.6 Å². The van der Waals surface area contributed by atoms with Crippen LogP contribution in [-0.2, 0) is 5.92 Å². The van der Waals surface area contributed by atoms with Crippen LogP contribution in [0.2, 0.25) is 0 Å². The Bertz CT molecular complexity index is 1440.